The number of carbonyl (C=O) groups excluding carboxylic acids is 1. The van der Waals surface area contributed by atoms with Gasteiger partial charge < -0.3 is 4.57 Å². The van der Waals surface area contributed by atoms with Crippen LogP contribution in [0.3, 0.4) is 0 Å². The van der Waals surface area contributed by atoms with E-state index < -0.39 is 0 Å². The summed E-state index contributed by atoms with van der Waals surface area (Å²) in [6, 6.07) is 3.62. The number of carbonyl (C=O) groups is 1. The first-order chi connectivity index (χ1) is 7.07. The summed E-state index contributed by atoms with van der Waals surface area (Å²) < 4.78 is 1.77. The van der Waals surface area contributed by atoms with E-state index in [4.69, 9.17) is 23.2 Å². The maximum absolute atomic E-state index is 10.9. The molecule has 0 bridgehead atoms. The van der Waals surface area contributed by atoms with Crippen LogP contribution < -0.4 is 0 Å². The predicted octanol–water partition coefficient (Wildman–Crippen LogP) is 3.61. The van der Waals surface area contributed by atoms with Crippen molar-refractivity contribution in [1.82, 2.24) is 4.57 Å². The van der Waals surface area contributed by atoms with Gasteiger partial charge in [-0.05, 0) is 24.6 Å². The van der Waals surface area contributed by atoms with Gasteiger partial charge in [0.05, 0.1) is 10.5 Å². The van der Waals surface area contributed by atoms with Gasteiger partial charge in [0.1, 0.15) is 5.69 Å². The van der Waals surface area contributed by atoms with Crippen LogP contribution in [0.2, 0.25) is 10.0 Å². The normalized spacial score (nSPS) is 10.9. The Kier molecular flexibility index (Phi) is 2.49. The van der Waals surface area contributed by atoms with E-state index in [1.54, 1.807) is 17.7 Å². The Hall–Kier alpha value is -0.990. The molecular formula is C11H9Cl2NO. The molecule has 78 valence electrons. The molecule has 0 unspecified atom stereocenters. The van der Waals surface area contributed by atoms with Gasteiger partial charge in [-0.25, -0.2) is 0 Å². The van der Waals surface area contributed by atoms with Crippen molar-refractivity contribution in [2.75, 3.05) is 0 Å². The Balaban J connectivity index is 3.02. The third-order valence-corrected chi connectivity index (χ3v) is 3.44. The maximum atomic E-state index is 10.9. The lowest BCUT2D eigenvalue weighted by Gasteiger charge is -2.03. The highest BCUT2D eigenvalue weighted by atomic mass is 35.5. The molecule has 0 fully saturated rings. The second-order valence-corrected chi connectivity index (χ2v) is 4.23. The van der Waals surface area contributed by atoms with Crippen molar-refractivity contribution in [2.45, 2.75) is 6.92 Å². The molecule has 15 heavy (non-hydrogen) atoms. The first kappa shape index (κ1) is 10.5. The van der Waals surface area contributed by atoms with Crippen LogP contribution in [0.15, 0.2) is 12.1 Å². The standard InChI is InChI=1S/C11H9Cl2NO/c1-6-8(12)4-3-7-10(13)9(5-15)14(2)11(6)7/h3-5H,1-2H3. The summed E-state index contributed by atoms with van der Waals surface area (Å²) in [6.45, 7) is 1.91. The number of halogens is 2. The predicted molar refractivity (Wildman–Crippen MR) is 63.1 cm³/mol. The van der Waals surface area contributed by atoms with Gasteiger partial charge in [0.2, 0.25) is 0 Å². The van der Waals surface area contributed by atoms with Gasteiger partial charge in [0.15, 0.2) is 6.29 Å². The summed E-state index contributed by atoms with van der Waals surface area (Å²) in [4.78, 5) is 10.9. The van der Waals surface area contributed by atoms with Crippen LogP contribution >= 0.6 is 23.2 Å². The van der Waals surface area contributed by atoms with Crippen molar-refractivity contribution >= 4 is 40.4 Å². The van der Waals surface area contributed by atoms with E-state index in [1.165, 1.54) is 0 Å². The molecule has 0 amide bonds. The number of fused-ring (bicyclic) bond motifs is 1. The highest BCUT2D eigenvalue weighted by Crippen LogP contribution is 2.33. The second-order valence-electron chi connectivity index (χ2n) is 3.44. The van der Waals surface area contributed by atoms with Crippen molar-refractivity contribution < 1.29 is 4.79 Å². The molecule has 0 saturated carbocycles. The summed E-state index contributed by atoms with van der Waals surface area (Å²) in [5.41, 5.74) is 2.33. The van der Waals surface area contributed by atoms with Crippen LogP contribution in [0.4, 0.5) is 0 Å². The highest BCUT2D eigenvalue weighted by Gasteiger charge is 2.15. The maximum Gasteiger partial charge on any atom is 0.168 e. The molecule has 0 aliphatic carbocycles. The summed E-state index contributed by atoms with van der Waals surface area (Å²) in [6.07, 6.45) is 0.760. The molecule has 0 radical (unpaired) electrons. The summed E-state index contributed by atoms with van der Waals surface area (Å²) in [5.74, 6) is 0. The van der Waals surface area contributed by atoms with E-state index in [1.807, 2.05) is 13.0 Å². The lowest BCUT2D eigenvalue weighted by Crippen LogP contribution is -1.95. The topological polar surface area (TPSA) is 22.0 Å². The summed E-state index contributed by atoms with van der Waals surface area (Å²) >= 11 is 12.1. The molecule has 2 nitrogen and oxygen atoms in total. The van der Waals surface area contributed by atoms with Gasteiger partial charge in [-0.15, -0.1) is 0 Å². The molecule has 0 N–H and O–H groups in total. The quantitative estimate of drug-likeness (QED) is 0.700. The number of aromatic nitrogens is 1. The monoisotopic (exact) mass is 241 g/mol. The van der Waals surface area contributed by atoms with Gasteiger partial charge in [-0.1, -0.05) is 23.2 Å². The van der Waals surface area contributed by atoms with Crippen molar-refractivity contribution in [1.29, 1.82) is 0 Å². The van der Waals surface area contributed by atoms with E-state index in [9.17, 15) is 4.79 Å². The average Bonchev–Trinajstić information content (AvgIpc) is 2.45. The van der Waals surface area contributed by atoms with Gasteiger partial charge in [0.25, 0.3) is 0 Å². The van der Waals surface area contributed by atoms with Crippen LogP contribution in [0.25, 0.3) is 10.9 Å². The van der Waals surface area contributed by atoms with E-state index in [-0.39, 0.29) is 0 Å². The fraction of sp³-hybridized carbons (Fsp3) is 0.182. The third-order valence-electron chi connectivity index (χ3n) is 2.63. The van der Waals surface area contributed by atoms with Crippen molar-refractivity contribution in [3.8, 4) is 0 Å². The Morgan fingerprint density at radius 3 is 2.60 bits per heavy atom. The van der Waals surface area contributed by atoms with Crippen molar-refractivity contribution in [3.05, 3.63) is 33.4 Å². The smallest absolute Gasteiger partial charge is 0.168 e. The van der Waals surface area contributed by atoms with Gasteiger partial charge in [0, 0.05) is 17.5 Å². The lowest BCUT2D eigenvalue weighted by atomic mass is 10.1. The number of aryl methyl sites for hydroxylation is 2. The van der Waals surface area contributed by atoms with Crippen LogP contribution in [0, 0.1) is 6.92 Å². The van der Waals surface area contributed by atoms with E-state index in [2.05, 4.69) is 0 Å². The molecule has 0 aliphatic heterocycles. The molecule has 0 aliphatic rings. The van der Waals surface area contributed by atoms with Crippen LogP contribution in [-0.4, -0.2) is 10.9 Å². The number of aldehydes is 1. The average molecular weight is 242 g/mol. The minimum Gasteiger partial charge on any atom is -0.340 e. The Morgan fingerprint density at radius 1 is 1.33 bits per heavy atom. The minimum absolute atomic E-state index is 0.483. The highest BCUT2D eigenvalue weighted by molar-refractivity contribution is 6.39. The Labute approximate surface area is 97.4 Å². The van der Waals surface area contributed by atoms with Gasteiger partial charge >= 0.3 is 0 Å². The number of hydrogen-bond donors (Lipinski definition) is 0. The Morgan fingerprint density at radius 2 is 2.00 bits per heavy atom. The number of benzene rings is 1. The summed E-state index contributed by atoms with van der Waals surface area (Å²) in [5, 5.41) is 2.03. The van der Waals surface area contributed by atoms with Crippen LogP contribution in [-0.2, 0) is 7.05 Å². The molecule has 4 heteroatoms. The molecule has 2 aromatic rings. The zero-order chi connectivity index (χ0) is 11.2. The molecular weight excluding hydrogens is 233 g/mol. The number of rotatable bonds is 1. The van der Waals surface area contributed by atoms with Crippen LogP contribution in [0.1, 0.15) is 16.1 Å². The first-order valence-corrected chi connectivity index (χ1v) is 5.21. The van der Waals surface area contributed by atoms with E-state index in [0.717, 1.165) is 22.8 Å². The minimum atomic E-state index is 0.483. The molecule has 0 spiro atoms. The fourth-order valence-corrected chi connectivity index (χ4v) is 2.30. The van der Waals surface area contributed by atoms with E-state index >= 15 is 0 Å². The molecule has 1 heterocycles. The largest absolute Gasteiger partial charge is 0.340 e. The van der Waals surface area contributed by atoms with E-state index in [0.29, 0.717) is 15.7 Å². The summed E-state index contributed by atoms with van der Waals surface area (Å²) in [7, 11) is 1.81. The zero-order valence-corrected chi connectivity index (χ0v) is 9.86. The zero-order valence-electron chi connectivity index (χ0n) is 8.34. The molecule has 1 aromatic carbocycles. The molecule has 2 rings (SSSR count). The fourth-order valence-electron chi connectivity index (χ4n) is 1.82. The van der Waals surface area contributed by atoms with Crippen molar-refractivity contribution in [3.63, 3.8) is 0 Å². The third kappa shape index (κ3) is 1.36. The SMILES string of the molecule is Cc1c(Cl)ccc2c(Cl)c(C=O)n(C)c12. The molecule has 0 atom stereocenters. The number of nitrogens with zero attached hydrogens (tertiary/aromatic N) is 1. The van der Waals surface area contributed by atoms with Crippen molar-refractivity contribution in [2.24, 2.45) is 7.05 Å². The molecule has 1 aromatic heterocycles. The Bertz CT molecular complexity index is 557. The van der Waals surface area contributed by atoms with Crippen LogP contribution in [0.5, 0.6) is 0 Å². The van der Waals surface area contributed by atoms with Gasteiger partial charge in [-0.2, -0.15) is 0 Å². The second kappa shape index (κ2) is 3.54. The van der Waals surface area contributed by atoms with Gasteiger partial charge in [-0.3, -0.25) is 4.79 Å². The molecule has 0 saturated heterocycles. The number of hydrogen-bond acceptors (Lipinski definition) is 1. The first-order valence-electron chi connectivity index (χ1n) is 4.46. The lowest BCUT2D eigenvalue weighted by molar-refractivity contribution is 0.111.